The van der Waals surface area contributed by atoms with Gasteiger partial charge in [-0.15, -0.1) is 0 Å². The van der Waals surface area contributed by atoms with Gasteiger partial charge in [0.15, 0.2) is 0 Å². The molecule has 1 rings (SSSR count). The highest BCUT2D eigenvalue weighted by Gasteiger charge is 2.20. The molecule has 0 spiro atoms. The van der Waals surface area contributed by atoms with E-state index in [1.165, 1.54) is 12.1 Å². The van der Waals surface area contributed by atoms with Crippen molar-refractivity contribution in [2.75, 3.05) is 0 Å². The van der Waals surface area contributed by atoms with E-state index in [0.29, 0.717) is 12.0 Å². The van der Waals surface area contributed by atoms with Crippen molar-refractivity contribution in [1.82, 2.24) is 0 Å². The van der Waals surface area contributed by atoms with Crippen molar-refractivity contribution in [1.29, 1.82) is 0 Å². The lowest BCUT2D eigenvalue weighted by Gasteiger charge is -2.08. The van der Waals surface area contributed by atoms with Gasteiger partial charge in [0.1, 0.15) is 0 Å². The van der Waals surface area contributed by atoms with Crippen LogP contribution >= 0.6 is 15.9 Å². The lowest BCUT2D eigenvalue weighted by atomic mass is 10.1. The van der Waals surface area contributed by atoms with Gasteiger partial charge in [0.05, 0.1) is 9.82 Å². The molecule has 0 aliphatic rings. The Morgan fingerprint density at radius 1 is 1.50 bits per heavy atom. The van der Waals surface area contributed by atoms with Gasteiger partial charge in [0.25, 0.3) is 5.69 Å². The second-order valence-electron chi connectivity index (χ2n) is 3.80. The van der Waals surface area contributed by atoms with Crippen molar-refractivity contribution in [2.24, 2.45) is 5.14 Å². The maximum atomic E-state index is 11.1. The maximum Gasteiger partial charge on any atom is 0.273 e. The largest absolute Gasteiger partial charge is 0.273 e. The number of hydrogen-bond donors (Lipinski definition) is 1. The van der Waals surface area contributed by atoms with Crippen LogP contribution in [0.4, 0.5) is 5.69 Å². The number of nitrogens with zero attached hydrogens (tertiary/aromatic N) is 1. The first-order valence-corrected chi connectivity index (χ1v) is 7.66. The zero-order valence-electron chi connectivity index (χ0n) is 9.67. The van der Waals surface area contributed by atoms with E-state index in [9.17, 15) is 18.5 Å². The lowest BCUT2D eigenvalue weighted by molar-refractivity contribution is -0.385. The van der Waals surface area contributed by atoms with Crippen molar-refractivity contribution < 1.29 is 13.3 Å². The Kier molecular flexibility index (Phi) is 4.83. The summed E-state index contributed by atoms with van der Waals surface area (Å²) in [4.78, 5) is 10.2. The minimum Gasteiger partial charge on any atom is -0.258 e. The fourth-order valence-electron chi connectivity index (χ4n) is 1.45. The van der Waals surface area contributed by atoms with Gasteiger partial charge in [0, 0.05) is 16.5 Å². The summed E-state index contributed by atoms with van der Waals surface area (Å²) >= 11 is 3.39. The number of benzene rings is 1. The number of nitrogens with two attached hydrogens (primary N) is 1. The second-order valence-corrected chi connectivity index (χ2v) is 6.66. The van der Waals surface area contributed by atoms with Gasteiger partial charge in [-0.05, 0) is 18.9 Å². The summed E-state index contributed by atoms with van der Waals surface area (Å²) in [5, 5.41) is 15.9. The van der Waals surface area contributed by atoms with E-state index < -0.39 is 14.9 Å². The Balaban J connectivity index is 3.25. The van der Waals surface area contributed by atoms with Crippen molar-refractivity contribution in [2.45, 2.75) is 29.5 Å². The van der Waals surface area contributed by atoms with Crippen LogP contribution in [0.3, 0.4) is 0 Å². The van der Waals surface area contributed by atoms with Gasteiger partial charge in [-0.25, -0.2) is 13.6 Å². The Labute approximate surface area is 114 Å². The van der Waals surface area contributed by atoms with Crippen LogP contribution in [0.1, 0.15) is 18.9 Å². The van der Waals surface area contributed by atoms with Crippen LogP contribution in [0.5, 0.6) is 0 Å². The van der Waals surface area contributed by atoms with E-state index in [4.69, 9.17) is 5.14 Å². The van der Waals surface area contributed by atoms with E-state index >= 15 is 0 Å². The summed E-state index contributed by atoms with van der Waals surface area (Å²) in [6, 6.07) is 3.72. The molecule has 0 aromatic heterocycles. The van der Waals surface area contributed by atoms with Crippen LogP contribution in [-0.4, -0.2) is 18.2 Å². The van der Waals surface area contributed by atoms with E-state index in [2.05, 4.69) is 15.9 Å². The standard InChI is InChI=1S/C10H13BrN2O4S/c1-2-8(11)5-7-3-4-9(18(12,16)17)6-10(7)13(14)15/h3-4,6,8H,2,5H2,1H3,(H2,12,16,17). The Bertz CT molecular complexity index is 559. The molecule has 6 nitrogen and oxygen atoms in total. The quantitative estimate of drug-likeness (QED) is 0.504. The van der Waals surface area contributed by atoms with Gasteiger partial charge in [-0.2, -0.15) is 0 Å². The summed E-state index contributed by atoms with van der Waals surface area (Å²) in [5.41, 5.74) is 0.260. The first-order valence-electron chi connectivity index (χ1n) is 5.20. The SMILES string of the molecule is CCC(Br)Cc1ccc(S(N)(=O)=O)cc1[N+](=O)[O-]. The van der Waals surface area contributed by atoms with Crippen LogP contribution in [-0.2, 0) is 16.4 Å². The molecule has 0 aliphatic heterocycles. The summed E-state index contributed by atoms with van der Waals surface area (Å²) in [6.07, 6.45) is 1.27. The van der Waals surface area contributed by atoms with Gasteiger partial charge in [-0.3, -0.25) is 10.1 Å². The topological polar surface area (TPSA) is 103 Å². The number of hydrogen-bond acceptors (Lipinski definition) is 4. The van der Waals surface area contributed by atoms with Gasteiger partial charge in [0.2, 0.25) is 10.0 Å². The molecule has 0 amide bonds. The molecule has 0 bridgehead atoms. The number of alkyl halides is 1. The number of sulfonamides is 1. The minimum absolute atomic E-state index is 0.108. The average molecular weight is 337 g/mol. The fraction of sp³-hybridized carbons (Fsp3) is 0.400. The molecule has 1 aromatic carbocycles. The zero-order chi connectivity index (χ0) is 13.9. The third-order valence-electron chi connectivity index (χ3n) is 2.47. The molecule has 1 aromatic rings. The monoisotopic (exact) mass is 336 g/mol. The predicted octanol–water partition coefficient (Wildman–Crippen LogP) is 1.96. The molecular weight excluding hydrogens is 324 g/mol. The summed E-state index contributed by atoms with van der Waals surface area (Å²) in [6.45, 7) is 1.95. The Morgan fingerprint density at radius 2 is 2.11 bits per heavy atom. The Morgan fingerprint density at radius 3 is 2.56 bits per heavy atom. The summed E-state index contributed by atoms with van der Waals surface area (Å²) < 4.78 is 22.3. The molecule has 0 heterocycles. The molecular formula is C10H13BrN2O4S. The van der Waals surface area contributed by atoms with Crippen molar-refractivity contribution in [3.63, 3.8) is 0 Å². The smallest absolute Gasteiger partial charge is 0.258 e. The van der Waals surface area contributed by atoms with Crippen LogP contribution in [0, 0.1) is 10.1 Å². The molecule has 0 saturated carbocycles. The number of nitro benzene ring substituents is 1. The van der Waals surface area contributed by atoms with Crippen molar-refractivity contribution in [3.8, 4) is 0 Å². The Hall–Kier alpha value is -0.990. The summed E-state index contributed by atoms with van der Waals surface area (Å²) in [5.74, 6) is 0. The zero-order valence-corrected chi connectivity index (χ0v) is 12.1. The fourth-order valence-corrected chi connectivity index (χ4v) is 2.33. The highest BCUT2D eigenvalue weighted by molar-refractivity contribution is 9.09. The molecule has 0 saturated heterocycles. The highest BCUT2D eigenvalue weighted by atomic mass is 79.9. The number of halogens is 1. The van der Waals surface area contributed by atoms with Gasteiger partial charge >= 0.3 is 0 Å². The molecule has 2 N–H and O–H groups in total. The lowest BCUT2D eigenvalue weighted by Crippen LogP contribution is -2.13. The van der Waals surface area contributed by atoms with Crippen LogP contribution in [0.25, 0.3) is 0 Å². The van der Waals surface area contributed by atoms with Gasteiger partial charge < -0.3 is 0 Å². The first kappa shape index (κ1) is 15.1. The number of nitro groups is 1. The molecule has 1 unspecified atom stereocenters. The molecule has 1 atom stereocenters. The van der Waals surface area contributed by atoms with Crippen LogP contribution in [0.15, 0.2) is 23.1 Å². The second kappa shape index (κ2) is 5.77. The average Bonchev–Trinajstić information content (AvgIpc) is 2.27. The molecule has 0 fully saturated rings. The molecule has 0 radical (unpaired) electrons. The third-order valence-corrected chi connectivity index (χ3v) is 4.35. The predicted molar refractivity (Wildman–Crippen MR) is 71.2 cm³/mol. The molecule has 18 heavy (non-hydrogen) atoms. The number of rotatable bonds is 5. The molecule has 0 aliphatic carbocycles. The van der Waals surface area contributed by atoms with E-state index in [-0.39, 0.29) is 15.4 Å². The van der Waals surface area contributed by atoms with Crippen molar-refractivity contribution >= 4 is 31.6 Å². The van der Waals surface area contributed by atoms with Crippen LogP contribution in [0.2, 0.25) is 0 Å². The van der Waals surface area contributed by atoms with Crippen molar-refractivity contribution in [3.05, 3.63) is 33.9 Å². The van der Waals surface area contributed by atoms with E-state index in [1.807, 2.05) is 6.92 Å². The highest BCUT2D eigenvalue weighted by Crippen LogP contribution is 2.25. The van der Waals surface area contributed by atoms with Crippen LogP contribution < -0.4 is 5.14 Å². The third kappa shape index (κ3) is 3.76. The summed E-state index contributed by atoms with van der Waals surface area (Å²) in [7, 11) is -3.93. The minimum atomic E-state index is -3.93. The first-order chi connectivity index (χ1) is 8.25. The molecule has 100 valence electrons. The normalized spacial score (nSPS) is 13.3. The number of primary sulfonamides is 1. The van der Waals surface area contributed by atoms with E-state index in [1.54, 1.807) is 0 Å². The van der Waals surface area contributed by atoms with E-state index in [0.717, 1.165) is 12.5 Å². The van der Waals surface area contributed by atoms with Gasteiger partial charge in [-0.1, -0.05) is 28.9 Å². The molecule has 8 heteroatoms. The maximum absolute atomic E-state index is 11.1.